The van der Waals surface area contributed by atoms with E-state index in [1.54, 1.807) is 0 Å². The number of fused-ring (bicyclic) bond motifs is 8. The van der Waals surface area contributed by atoms with E-state index in [1.807, 2.05) is 0 Å². The van der Waals surface area contributed by atoms with Crippen LogP contribution in [0.15, 0.2) is 158 Å². The van der Waals surface area contributed by atoms with Gasteiger partial charge in [0.25, 0.3) is 6.71 Å². The van der Waals surface area contributed by atoms with E-state index in [1.165, 1.54) is 134 Å². The van der Waals surface area contributed by atoms with Crippen molar-refractivity contribution in [2.45, 2.75) is 106 Å². The maximum absolute atomic E-state index is 4.50. The molecule has 0 bridgehead atoms. The normalized spacial score (nSPS) is 14.3. The summed E-state index contributed by atoms with van der Waals surface area (Å²) in [5.41, 5.74) is 31.1. The van der Waals surface area contributed by atoms with Gasteiger partial charge >= 0.3 is 0 Å². The van der Waals surface area contributed by atoms with Crippen LogP contribution >= 0.6 is 0 Å². The van der Waals surface area contributed by atoms with E-state index in [-0.39, 0.29) is 23.0 Å². The van der Waals surface area contributed by atoms with Gasteiger partial charge in [0.2, 0.25) is 0 Å². The van der Waals surface area contributed by atoms with E-state index >= 15 is 0 Å². The molecule has 12 rings (SSSR count). The standard InChI is InChI=1S/C70H68BN3/c1-15-21-53-54-40-58-62(41-60(54)73(59(53)16-2)66-42(3)22-19-23-43(66)4)72(50-32-28-46(29-33-50)47-30-34-52-51-26-17-18-27-55(51)70(13,14)56(52)36-47)63-38-49(69(10,11)12)39-64-65(63)71(58)57-35-31-48(68(7,8)9)37-61(57)74(64)67-44(5)24-20-25-45(67)6/h15-41H,2H2,1,3-14H3/b21-15-. The quantitative estimate of drug-likeness (QED) is 0.154. The lowest BCUT2D eigenvalue weighted by molar-refractivity contribution is 0.590. The lowest BCUT2D eigenvalue weighted by Gasteiger charge is -2.46. The van der Waals surface area contributed by atoms with Gasteiger partial charge in [-0.25, -0.2) is 0 Å². The zero-order valence-electron chi connectivity index (χ0n) is 45.7. The summed E-state index contributed by atoms with van der Waals surface area (Å²) in [6.07, 6.45) is 6.53. The van der Waals surface area contributed by atoms with Crippen LogP contribution in [0.25, 0.3) is 51.0 Å². The fourth-order valence-corrected chi connectivity index (χ4v) is 13.0. The largest absolute Gasteiger partial charge is 0.311 e. The zero-order valence-corrected chi connectivity index (χ0v) is 45.7. The van der Waals surface area contributed by atoms with Crippen LogP contribution in [0.3, 0.4) is 0 Å². The Labute approximate surface area is 440 Å². The number of anilines is 6. The Morgan fingerprint density at radius 3 is 1.74 bits per heavy atom. The van der Waals surface area contributed by atoms with Crippen LogP contribution in [0.5, 0.6) is 0 Å². The first-order valence-corrected chi connectivity index (χ1v) is 26.7. The highest BCUT2D eigenvalue weighted by molar-refractivity contribution is 7.00. The molecular formula is C70H68BN3. The second-order valence-electron chi connectivity index (χ2n) is 24.0. The minimum Gasteiger partial charge on any atom is -0.311 e. The van der Waals surface area contributed by atoms with E-state index in [0.29, 0.717) is 0 Å². The Hall–Kier alpha value is -7.56. The number of rotatable bonds is 6. The highest BCUT2D eigenvalue weighted by Gasteiger charge is 2.46. The first-order chi connectivity index (χ1) is 35.3. The van der Waals surface area contributed by atoms with E-state index in [0.717, 1.165) is 11.4 Å². The summed E-state index contributed by atoms with van der Waals surface area (Å²) >= 11 is 0. The molecule has 2 aliphatic heterocycles. The number of aromatic nitrogens is 1. The van der Waals surface area contributed by atoms with E-state index in [4.69, 9.17) is 0 Å². The van der Waals surface area contributed by atoms with Crippen LogP contribution in [-0.2, 0) is 16.2 Å². The molecule has 0 spiro atoms. The van der Waals surface area contributed by atoms with Crippen LogP contribution in [0.2, 0.25) is 0 Å². The van der Waals surface area contributed by atoms with Gasteiger partial charge in [0.15, 0.2) is 0 Å². The number of benzene rings is 8. The molecular weight excluding hydrogens is 894 g/mol. The number of hydrogen-bond acceptors (Lipinski definition) is 2. The first-order valence-electron chi connectivity index (χ1n) is 26.7. The molecule has 1 aromatic heterocycles. The van der Waals surface area contributed by atoms with Gasteiger partial charge in [0.05, 0.1) is 22.6 Å². The van der Waals surface area contributed by atoms with Crippen molar-refractivity contribution in [2.24, 2.45) is 0 Å². The number of nitrogens with zero attached hydrogens (tertiary/aromatic N) is 3. The molecule has 366 valence electrons. The van der Waals surface area contributed by atoms with Crippen molar-refractivity contribution in [1.29, 1.82) is 0 Å². The monoisotopic (exact) mass is 962 g/mol. The average molecular weight is 962 g/mol. The Bertz CT molecular complexity index is 3820. The minimum absolute atomic E-state index is 0.0541. The SMILES string of the molecule is C=Cc1c(/C=C\C)c2cc3c(cc2n1-c1c(C)cccc1C)N(c1ccc(-c2ccc4c(c2)C(C)(C)c2ccccc2-4)cc1)c1cc(C(C)(C)C)cc2c1B3c1ccc(C(C)(C)C)cc1N2c1c(C)cccc1C. The molecule has 1 aliphatic carbocycles. The first kappa shape index (κ1) is 47.4. The van der Waals surface area contributed by atoms with Crippen molar-refractivity contribution in [3.05, 3.63) is 214 Å². The third kappa shape index (κ3) is 7.00. The van der Waals surface area contributed by atoms with Crippen molar-refractivity contribution in [3.8, 4) is 27.9 Å². The lowest BCUT2D eigenvalue weighted by Crippen LogP contribution is -2.61. The van der Waals surface area contributed by atoms with E-state index in [9.17, 15) is 0 Å². The molecule has 8 aromatic carbocycles. The summed E-state index contributed by atoms with van der Waals surface area (Å²) in [6, 6.07) is 56.4. The van der Waals surface area contributed by atoms with Crippen molar-refractivity contribution in [1.82, 2.24) is 4.57 Å². The maximum Gasteiger partial charge on any atom is 0.252 e. The highest BCUT2D eigenvalue weighted by Crippen LogP contribution is 2.52. The summed E-state index contributed by atoms with van der Waals surface area (Å²) in [4.78, 5) is 5.24. The summed E-state index contributed by atoms with van der Waals surface area (Å²) in [5.74, 6) is 0. The van der Waals surface area contributed by atoms with Gasteiger partial charge in [-0.15, -0.1) is 0 Å². The molecule has 0 saturated heterocycles. The Balaban J connectivity index is 1.18. The van der Waals surface area contributed by atoms with Gasteiger partial charge in [-0.05, 0) is 177 Å². The molecule has 9 aromatic rings. The highest BCUT2D eigenvalue weighted by atomic mass is 15.2. The summed E-state index contributed by atoms with van der Waals surface area (Å²) in [7, 11) is 0. The van der Waals surface area contributed by atoms with Crippen LogP contribution in [0.4, 0.5) is 34.1 Å². The van der Waals surface area contributed by atoms with Gasteiger partial charge in [-0.2, -0.15) is 0 Å². The fraction of sp³-hybridized carbons (Fsp3) is 0.229. The third-order valence-electron chi connectivity index (χ3n) is 16.9. The molecule has 3 aliphatic rings. The van der Waals surface area contributed by atoms with Crippen molar-refractivity contribution >= 4 is 80.3 Å². The Morgan fingerprint density at radius 1 is 0.527 bits per heavy atom. The molecule has 0 saturated carbocycles. The van der Waals surface area contributed by atoms with Crippen LogP contribution in [-0.4, -0.2) is 11.3 Å². The van der Waals surface area contributed by atoms with Gasteiger partial charge in [-0.3, -0.25) is 0 Å². The van der Waals surface area contributed by atoms with Crippen molar-refractivity contribution < 1.29 is 0 Å². The van der Waals surface area contributed by atoms with Crippen molar-refractivity contribution in [2.75, 3.05) is 9.80 Å². The third-order valence-corrected chi connectivity index (χ3v) is 16.9. The molecule has 0 N–H and O–H groups in total. The number of para-hydroxylation sites is 2. The number of hydrogen-bond donors (Lipinski definition) is 0. The van der Waals surface area contributed by atoms with Crippen LogP contribution < -0.4 is 26.2 Å². The van der Waals surface area contributed by atoms with Crippen LogP contribution in [0.1, 0.15) is 118 Å². The molecule has 0 radical (unpaired) electrons. The van der Waals surface area contributed by atoms with E-state index < -0.39 is 0 Å². The topological polar surface area (TPSA) is 11.4 Å². The summed E-state index contributed by atoms with van der Waals surface area (Å²) < 4.78 is 2.48. The summed E-state index contributed by atoms with van der Waals surface area (Å²) in [6.45, 7) is 34.5. The van der Waals surface area contributed by atoms with Gasteiger partial charge in [0, 0.05) is 44.8 Å². The average Bonchev–Trinajstić information content (AvgIpc) is 3.82. The molecule has 4 heteroatoms. The smallest absolute Gasteiger partial charge is 0.252 e. The molecule has 3 nitrogen and oxygen atoms in total. The zero-order chi connectivity index (χ0) is 51.9. The maximum atomic E-state index is 4.50. The second-order valence-corrected chi connectivity index (χ2v) is 24.0. The second kappa shape index (κ2) is 16.7. The van der Waals surface area contributed by atoms with E-state index in [2.05, 4.69) is 275 Å². The number of aryl methyl sites for hydroxylation is 4. The van der Waals surface area contributed by atoms with Crippen molar-refractivity contribution in [3.63, 3.8) is 0 Å². The molecule has 0 amide bonds. The molecule has 74 heavy (non-hydrogen) atoms. The van der Waals surface area contributed by atoms with Crippen LogP contribution in [0, 0.1) is 27.7 Å². The van der Waals surface area contributed by atoms with Gasteiger partial charge in [0.1, 0.15) is 0 Å². The van der Waals surface area contributed by atoms with Gasteiger partial charge in [-0.1, -0.05) is 177 Å². The predicted molar refractivity (Wildman–Crippen MR) is 321 cm³/mol. The minimum atomic E-state index is -0.154. The molecule has 0 fully saturated rings. The summed E-state index contributed by atoms with van der Waals surface area (Å²) in [5, 5.41) is 1.22. The van der Waals surface area contributed by atoms with Gasteiger partial charge < -0.3 is 14.4 Å². The molecule has 0 unspecified atom stereocenters. The number of allylic oxidation sites excluding steroid dienone is 1. The molecule has 3 heterocycles. The lowest BCUT2D eigenvalue weighted by atomic mass is 9.33. The predicted octanol–water partition coefficient (Wildman–Crippen LogP) is 17.2. The molecule has 0 atom stereocenters. The Morgan fingerprint density at radius 2 is 1.11 bits per heavy atom. The Kier molecular flexibility index (Phi) is 10.7. The fourth-order valence-electron chi connectivity index (χ4n) is 13.0.